The van der Waals surface area contributed by atoms with Crippen molar-refractivity contribution >= 4 is 27.8 Å². The van der Waals surface area contributed by atoms with Crippen molar-refractivity contribution in [1.82, 2.24) is 4.90 Å². The van der Waals surface area contributed by atoms with Crippen molar-refractivity contribution in [3.63, 3.8) is 0 Å². The zero-order valence-electron chi connectivity index (χ0n) is 11.9. The van der Waals surface area contributed by atoms with Gasteiger partial charge in [-0.05, 0) is 30.5 Å². The van der Waals surface area contributed by atoms with E-state index in [1.54, 1.807) is 4.90 Å². The van der Waals surface area contributed by atoms with Crippen molar-refractivity contribution in [1.29, 1.82) is 0 Å². The van der Waals surface area contributed by atoms with Crippen molar-refractivity contribution in [3.8, 4) is 0 Å². The topological polar surface area (TPSA) is 46.6 Å². The third kappa shape index (κ3) is 2.87. The van der Waals surface area contributed by atoms with Crippen LogP contribution in [0.3, 0.4) is 0 Å². The van der Waals surface area contributed by atoms with Gasteiger partial charge in [0, 0.05) is 23.1 Å². The Morgan fingerprint density at radius 3 is 2.70 bits per heavy atom. The van der Waals surface area contributed by atoms with Crippen LogP contribution in [0.25, 0.3) is 0 Å². The second kappa shape index (κ2) is 5.95. The highest BCUT2D eigenvalue weighted by molar-refractivity contribution is 9.10. The van der Waals surface area contributed by atoms with Gasteiger partial charge in [0.1, 0.15) is 0 Å². The van der Waals surface area contributed by atoms with E-state index in [2.05, 4.69) is 15.9 Å². The largest absolute Gasteiger partial charge is 0.469 e. The van der Waals surface area contributed by atoms with Crippen molar-refractivity contribution in [2.45, 2.75) is 13.8 Å². The fourth-order valence-electron chi connectivity index (χ4n) is 2.59. The Labute approximate surface area is 127 Å². The van der Waals surface area contributed by atoms with Gasteiger partial charge in [0.25, 0.3) is 5.91 Å². The average molecular weight is 340 g/mol. The molecule has 1 aliphatic rings. The van der Waals surface area contributed by atoms with Crippen LogP contribution in [0.15, 0.2) is 22.7 Å². The number of rotatable bonds is 2. The molecule has 0 N–H and O–H groups in total. The second-order valence-electron chi connectivity index (χ2n) is 5.28. The molecule has 1 saturated heterocycles. The molecule has 0 saturated carbocycles. The molecule has 0 spiro atoms. The van der Waals surface area contributed by atoms with E-state index in [1.165, 1.54) is 7.11 Å². The summed E-state index contributed by atoms with van der Waals surface area (Å²) in [6.45, 7) is 4.91. The van der Waals surface area contributed by atoms with E-state index in [0.717, 1.165) is 10.0 Å². The normalized spacial score (nSPS) is 21.9. The molecule has 1 heterocycles. The number of esters is 1. The highest BCUT2D eigenvalue weighted by atomic mass is 79.9. The summed E-state index contributed by atoms with van der Waals surface area (Å²) in [5.74, 6) is -0.365. The maximum Gasteiger partial charge on any atom is 0.310 e. The highest BCUT2D eigenvalue weighted by Gasteiger charge is 2.38. The molecular formula is C15H18BrNO3. The summed E-state index contributed by atoms with van der Waals surface area (Å²) in [6, 6.07) is 5.65. The Bertz CT molecular complexity index is 544. The molecule has 108 valence electrons. The fourth-order valence-corrected chi connectivity index (χ4v) is 2.95. The molecule has 2 unspecified atom stereocenters. The number of amides is 1. The molecule has 0 aromatic heterocycles. The lowest BCUT2D eigenvalue weighted by atomic mass is 9.99. The number of methoxy groups -OCH3 is 1. The van der Waals surface area contributed by atoms with E-state index in [1.807, 2.05) is 32.0 Å². The Morgan fingerprint density at radius 2 is 2.05 bits per heavy atom. The molecule has 1 aliphatic heterocycles. The van der Waals surface area contributed by atoms with Crippen molar-refractivity contribution in [2.24, 2.45) is 11.8 Å². The van der Waals surface area contributed by atoms with Crippen LogP contribution in [0.4, 0.5) is 0 Å². The number of carbonyl (C=O) groups excluding carboxylic acids is 2. The second-order valence-corrected chi connectivity index (χ2v) is 6.19. The van der Waals surface area contributed by atoms with Gasteiger partial charge in [-0.1, -0.05) is 28.9 Å². The maximum absolute atomic E-state index is 12.6. The predicted octanol–water partition coefficient (Wildman–Crippen LogP) is 2.64. The van der Waals surface area contributed by atoms with E-state index >= 15 is 0 Å². The Kier molecular flexibility index (Phi) is 4.48. The quantitative estimate of drug-likeness (QED) is 0.778. The van der Waals surface area contributed by atoms with Gasteiger partial charge in [-0.15, -0.1) is 0 Å². The van der Waals surface area contributed by atoms with Gasteiger partial charge in [-0.25, -0.2) is 0 Å². The highest BCUT2D eigenvalue weighted by Crippen LogP contribution is 2.27. The predicted molar refractivity (Wildman–Crippen MR) is 79.5 cm³/mol. The number of ether oxygens (including phenoxy) is 1. The molecule has 2 rings (SSSR count). The molecule has 1 aromatic carbocycles. The number of carbonyl (C=O) groups is 2. The van der Waals surface area contributed by atoms with Crippen molar-refractivity contribution < 1.29 is 14.3 Å². The van der Waals surface area contributed by atoms with Crippen LogP contribution in [-0.4, -0.2) is 37.0 Å². The number of halogens is 1. The minimum absolute atomic E-state index is 0.0259. The smallest absolute Gasteiger partial charge is 0.310 e. The van der Waals surface area contributed by atoms with Gasteiger partial charge in [0.2, 0.25) is 0 Å². The van der Waals surface area contributed by atoms with Crippen LogP contribution in [0, 0.1) is 18.8 Å². The molecule has 0 aliphatic carbocycles. The summed E-state index contributed by atoms with van der Waals surface area (Å²) >= 11 is 3.39. The molecule has 4 nitrogen and oxygen atoms in total. The molecule has 5 heteroatoms. The van der Waals surface area contributed by atoms with Gasteiger partial charge in [0.05, 0.1) is 13.0 Å². The van der Waals surface area contributed by atoms with Crippen LogP contribution >= 0.6 is 15.9 Å². The standard InChI is InChI=1S/C15H18BrNO3/c1-9-4-5-11(16)6-12(9)14(18)17-7-10(2)13(8-17)15(19)20-3/h4-6,10,13H,7-8H2,1-3H3. The molecule has 1 fully saturated rings. The molecule has 0 bridgehead atoms. The van der Waals surface area contributed by atoms with Crippen molar-refractivity contribution in [3.05, 3.63) is 33.8 Å². The number of likely N-dealkylation sites (tertiary alicyclic amines) is 1. The van der Waals surface area contributed by atoms with Gasteiger partial charge in [0.15, 0.2) is 0 Å². The van der Waals surface area contributed by atoms with Crippen LogP contribution in [0.1, 0.15) is 22.8 Å². The molecular weight excluding hydrogens is 322 g/mol. The molecule has 0 radical (unpaired) electrons. The number of nitrogens with zero attached hydrogens (tertiary/aromatic N) is 1. The van der Waals surface area contributed by atoms with E-state index in [-0.39, 0.29) is 23.7 Å². The minimum Gasteiger partial charge on any atom is -0.469 e. The lowest BCUT2D eigenvalue weighted by Gasteiger charge is -2.17. The summed E-state index contributed by atoms with van der Waals surface area (Å²) in [6.07, 6.45) is 0. The third-order valence-corrected chi connectivity index (χ3v) is 4.33. The summed E-state index contributed by atoms with van der Waals surface area (Å²) in [7, 11) is 1.39. The maximum atomic E-state index is 12.6. The van der Waals surface area contributed by atoms with Gasteiger partial charge < -0.3 is 9.64 Å². The van der Waals surface area contributed by atoms with Crippen molar-refractivity contribution in [2.75, 3.05) is 20.2 Å². The number of aryl methyl sites for hydroxylation is 1. The van der Waals surface area contributed by atoms with Crippen LogP contribution in [0.5, 0.6) is 0 Å². The van der Waals surface area contributed by atoms with E-state index in [4.69, 9.17) is 4.74 Å². The Balaban J connectivity index is 2.19. The molecule has 2 atom stereocenters. The van der Waals surface area contributed by atoms with Crippen LogP contribution < -0.4 is 0 Å². The van der Waals surface area contributed by atoms with Gasteiger partial charge in [-0.2, -0.15) is 0 Å². The summed E-state index contributed by atoms with van der Waals surface area (Å²) in [5.41, 5.74) is 1.62. The number of benzene rings is 1. The zero-order valence-corrected chi connectivity index (χ0v) is 13.4. The van der Waals surface area contributed by atoms with Crippen LogP contribution in [-0.2, 0) is 9.53 Å². The summed E-state index contributed by atoms with van der Waals surface area (Å²) in [4.78, 5) is 26.0. The fraction of sp³-hybridized carbons (Fsp3) is 0.467. The Hall–Kier alpha value is -1.36. The zero-order chi connectivity index (χ0) is 14.9. The monoisotopic (exact) mass is 339 g/mol. The van der Waals surface area contributed by atoms with E-state index < -0.39 is 0 Å². The molecule has 20 heavy (non-hydrogen) atoms. The average Bonchev–Trinajstić information content (AvgIpc) is 2.82. The van der Waals surface area contributed by atoms with Crippen LogP contribution in [0.2, 0.25) is 0 Å². The number of hydrogen-bond acceptors (Lipinski definition) is 3. The molecule has 1 aromatic rings. The first kappa shape index (κ1) is 15.0. The lowest BCUT2D eigenvalue weighted by Crippen LogP contribution is -2.30. The molecule has 1 amide bonds. The minimum atomic E-state index is -0.237. The Morgan fingerprint density at radius 1 is 1.35 bits per heavy atom. The van der Waals surface area contributed by atoms with E-state index in [0.29, 0.717) is 18.7 Å². The first-order valence-electron chi connectivity index (χ1n) is 6.57. The van der Waals surface area contributed by atoms with Gasteiger partial charge in [-0.3, -0.25) is 9.59 Å². The first-order valence-corrected chi connectivity index (χ1v) is 7.36. The number of hydrogen-bond donors (Lipinski definition) is 0. The third-order valence-electron chi connectivity index (χ3n) is 3.83. The first-order chi connectivity index (χ1) is 9.43. The van der Waals surface area contributed by atoms with E-state index in [9.17, 15) is 9.59 Å². The summed E-state index contributed by atoms with van der Waals surface area (Å²) < 4.78 is 5.67. The lowest BCUT2D eigenvalue weighted by molar-refractivity contribution is -0.146. The SMILES string of the molecule is COC(=O)C1CN(C(=O)c2cc(Br)ccc2C)CC1C. The summed E-state index contributed by atoms with van der Waals surface area (Å²) in [5, 5.41) is 0. The van der Waals surface area contributed by atoms with Gasteiger partial charge >= 0.3 is 5.97 Å².